The summed E-state index contributed by atoms with van der Waals surface area (Å²) in [6, 6.07) is 20.4. The maximum absolute atomic E-state index is 13.0. The molecule has 7 nitrogen and oxygen atoms in total. The van der Waals surface area contributed by atoms with E-state index >= 15 is 0 Å². The first kappa shape index (κ1) is 23.2. The Kier molecular flexibility index (Phi) is 7.22. The summed E-state index contributed by atoms with van der Waals surface area (Å²) in [5, 5.41) is 5.63. The number of carbonyl (C=O) groups is 2. The zero-order valence-electron chi connectivity index (χ0n) is 17.9. The lowest BCUT2D eigenvalue weighted by Gasteiger charge is -2.19. The zero-order chi connectivity index (χ0) is 23.3. The predicted molar refractivity (Wildman–Crippen MR) is 128 cm³/mol. The second-order valence-electron chi connectivity index (χ2n) is 7.78. The van der Waals surface area contributed by atoms with E-state index in [1.807, 2.05) is 24.3 Å². The maximum atomic E-state index is 13.0. The van der Waals surface area contributed by atoms with E-state index in [2.05, 4.69) is 10.6 Å². The Balaban J connectivity index is 1.46. The largest absolute Gasteiger partial charge is 0.340 e. The Labute approximate surface area is 197 Å². The van der Waals surface area contributed by atoms with Crippen molar-refractivity contribution in [3.05, 3.63) is 83.2 Å². The van der Waals surface area contributed by atoms with Crippen molar-refractivity contribution in [2.45, 2.75) is 29.5 Å². The average Bonchev–Trinajstić information content (AvgIpc) is 3.52. The highest BCUT2D eigenvalue weighted by Gasteiger charge is 2.29. The first-order chi connectivity index (χ1) is 15.9. The van der Waals surface area contributed by atoms with Crippen LogP contribution in [-0.4, -0.2) is 37.6 Å². The van der Waals surface area contributed by atoms with Crippen molar-refractivity contribution >= 4 is 38.9 Å². The highest BCUT2D eigenvalue weighted by atomic mass is 32.2. The minimum absolute atomic E-state index is 0.0118. The Morgan fingerprint density at radius 3 is 2.21 bits per heavy atom. The molecular formula is C24H25N3O4S2. The molecule has 1 saturated heterocycles. The number of carbonyl (C=O) groups excluding carboxylic acids is 2. The first-order valence-electron chi connectivity index (χ1n) is 10.7. The van der Waals surface area contributed by atoms with Gasteiger partial charge in [0.2, 0.25) is 5.91 Å². The monoisotopic (exact) mass is 483 g/mol. The molecule has 2 amide bonds. The van der Waals surface area contributed by atoms with Gasteiger partial charge in [0, 0.05) is 23.7 Å². The van der Waals surface area contributed by atoms with Crippen molar-refractivity contribution in [1.29, 1.82) is 0 Å². The molecule has 1 aliphatic rings. The average molecular weight is 484 g/mol. The molecule has 1 aliphatic heterocycles. The van der Waals surface area contributed by atoms with Crippen LogP contribution in [0.15, 0.2) is 77.0 Å². The molecule has 2 N–H and O–H groups in total. The Morgan fingerprint density at radius 2 is 1.55 bits per heavy atom. The fourth-order valence-electron chi connectivity index (χ4n) is 3.70. The van der Waals surface area contributed by atoms with Crippen molar-refractivity contribution in [1.82, 2.24) is 9.62 Å². The molecule has 1 fully saturated rings. The fourth-order valence-corrected chi connectivity index (χ4v) is 6.73. The Bertz CT molecular complexity index is 1200. The third kappa shape index (κ3) is 5.68. The van der Waals surface area contributed by atoms with Crippen LogP contribution < -0.4 is 10.6 Å². The molecule has 0 aliphatic carbocycles. The van der Waals surface area contributed by atoms with E-state index in [-0.39, 0.29) is 22.4 Å². The second-order valence-corrected chi connectivity index (χ2v) is 11.1. The number of amides is 2. The molecule has 0 spiro atoms. The minimum Gasteiger partial charge on any atom is -0.340 e. The van der Waals surface area contributed by atoms with Crippen molar-refractivity contribution in [3.8, 4) is 0 Å². The topological polar surface area (TPSA) is 95.6 Å². The fraction of sp³-hybridized carbons (Fsp3) is 0.250. The lowest BCUT2D eigenvalue weighted by atomic mass is 10.1. The number of nitrogens with one attached hydrogen (secondary N) is 2. The number of hydrogen-bond acceptors (Lipinski definition) is 5. The normalized spacial score (nSPS) is 15.2. The number of rotatable bonds is 8. The summed E-state index contributed by atoms with van der Waals surface area (Å²) in [6.07, 6.45) is 1.72. The van der Waals surface area contributed by atoms with Crippen LogP contribution in [-0.2, 0) is 26.0 Å². The van der Waals surface area contributed by atoms with E-state index in [9.17, 15) is 18.0 Å². The molecule has 3 aromatic rings. The summed E-state index contributed by atoms with van der Waals surface area (Å²) in [5.74, 6) is -0.719. The van der Waals surface area contributed by atoms with Gasteiger partial charge in [0.25, 0.3) is 15.9 Å². The van der Waals surface area contributed by atoms with E-state index in [1.165, 1.54) is 4.31 Å². The Hall–Kier alpha value is -3.01. The van der Waals surface area contributed by atoms with Crippen LogP contribution >= 0.6 is 11.3 Å². The van der Waals surface area contributed by atoms with Crippen LogP contribution in [0.5, 0.6) is 0 Å². The number of anilines is 1. The lowest BCUT2D eigenvalue weighted by Crippen LogP contribution is -2.37. The van der Waals surface area contributed by atoms with Gasteiger partial charge in [-0.15, -0.1) is 11.3 Å². The molecule has 172 valence electrons. The number of thiophene rings is 1. The van der Waals surface area contributed by atoms with Gasteiger partial charge in [-0.25, -0.2) is 8.42 Å². The van der Waals surface area contributed by atoms with Gasteiger partial charge in [-0.1, -0.05) is 48.5 Å². The number of nitrogens with zero attached hydrogens (tertiary/aromatic N) is 1. The van der Waals surface area contributed by atoms with E-state index in [0.717, 1.165) is 24.2 Å². The third-order valence-corrected chi connectivity index (χ3v) is 8.82. The van der Waals surface area contributed by atoms with Crippen molar-refractivity contribution in [2.24, 2.45) is 0 Å². The van der Waals surface area contributed by atoms with E-state index in [1.54, 1.807) is 48.5 Å². The molecule has 0 bridgehead atoms. The smallest absolute Gasteiger partial charge is 0.252 e. The summed E-state index contributed by atoms with van der Waals surface area (Å²) in [7, 11) is -3.51. The van der Waals surface area contributed by atoms with Crippen molar-refractivity contribution in [3.63, 3.8) is 0 Å². The summed E-state index contributed by atoms with van der Waals surface area (Å²) in [5.41, 5.74) is 1.29. The number of para-hydroxylation sites is 1. The van der Waals surface area contributed by atoms with E-state index < -0.39 is 16.1 Å². The molecule has 2 aromatic carbocycles. The molecule has 4 rings (SSSR count). The van der Waals surface area contributed by atoms with Gasteiger partial charge in [-0.05, 0) is 42.7 Å². The van der Waals surface area contributed by atoms with Gasteiger partial charge in [-0.3, -0.25) is 9.59 Å². The van der Waals surface area contributed by atoms with Crippen molar-refractivity contribution in [2.75, 3.05) is 18.4 Å². The van der Waals surface area contributed by atoms with Gasteiger partial charge in [0.05, 0.1) is 6.42 Å². The standard InChI is InChI=1S/C24H25N3O4S2/c28-21(17-20-13-14-22(32-20)33(30,31)27-15-7-8-16-27)26-23(18-9-3-1-4-10-18)24(29)25-19-11-5-2-6-12-19/h1-6,9-14,23H,7-8,15-17H2,(H,25,29)(H,26,28). The van der Waals surface area contributed by atoms with Crippen LogP contribution in [0.25, 0.3) is 0 Å². The number of benzene rings is 2. The van der Waals surface area contributed by atoms with Crippen LogP contribution in [0.1, 0.15) is 29.3 Å². The molecule has 1 atom stereocenters. The van der Waals surface area contributed by atoms with Gasteiger partial charge < -0.3 is 10.6 Å². The predicted octanol–water partition coefficient (Wildman–Crippen LogP) is 3.57. The molecule has 0 radical (unpaired) electrons. The third-order valence-electron chi connectivity index (χ3n) is 5.37. The van der Waals surface area contributed by atoms with Gasteiger partial charge >= 0.3 is 0 Å². The number of sulfonamides is 1. The van der Waals surface area contributed by atoms with Gasteiger partial charge in [0.1, 0.15) is 10.3 Å². The maximum Gasteiger partial charge on any atom is 0.252 e. The summed E-state index contributed by atoms with van der Waals surface area (Å²) < 4.78 is 27.2. The molecular weight excluding hydrogens is 458 g/mol. The summed E-state index contributed by atoms with van der Waals surface area (Å²) in [4.78, 5) is 26.4. The molecule has 0 saturated carbocycles. The van der Waals surface area contributed by atoms with E-state index in [0.29, 0.717) is 29.2 Å². The van der Waals surface area contributed by atoms with Crippen molar-refractivity contribution < 1.29 is 18.0 Å². The van der Waals surface area contributed by atoms with Gasteiger partial charge in [-0.2, -0.15) is 4.31 Å². The van der Waals surface area contributed by atoms with Crippen LogP contribution in [0.4, 0.5) is 5.69 Å². The highest BCUT2D eigenvalue weighted by Crippen LogP contribution is 2.28. The number of hydrogen-bond donors (Lipinski definition) is 2. The first-order valence-corrected chi connectivity index (χ1v) is 13.0. The van der Waals surface area contributed by atoms with E-state index in [4.69, 9.17) is 0 Å². The molecule has 1 aromatic heterocycles. The van der Waals surface area contributed by atoms with Gasteiger partial charge in [0.15, 0.2) is 0 Å². The lowest BCUT2D eigenvalue weighted by molar-refractivity contribution is -0.126. The molecule has 9 heteroatoms. The Morgan fingerprint density at radius 1 is 0.909 bits per heavy atom. The van der Waals surface area contributed by atoms with Crippen LogP contribution in [0, 0.1) is 0 Å². The molecule has 2 heterocycles. The molecule has 1 unspecified atom stereocenters. The summed E-state index contributed by atoms with van der Waals surface area (Å²) in [6.45, 7) is 1.07. The van der Waals surface area contributed by atoms with Crippen LogP contribution in [0.3, 0.4) is 0 Å². The second kappa shape index (κ2) is 10.3. The molecule has 33 heavy (non-hydrogen) atoms. The quantitative estimate of drug-likeness (QED) is 0.512. The summed E-state index contributed by atoms with van der Waals surface area (Å²) >= 11 is 1.10. The zero-order valence-corrected chi connectivity index (χ0v) is 19.6. The SMILES string of the molecule is O=C(Cc1ccc(S(=O)(=O)N2CCCC2)s1)NC(C(=O)Nc1ccccc1)c1ccccc1. The van der Waals surface area contributed by atoms with Crippen LogP contribution in [0.2, 0.25) is 0 Å². The highest BCUT2D eigenvalue weighted by molar-refractivity contribution is 7.91. The minimum atomic E-state index is -3.51.